The number of halogens is 4. The van der Waals surface area contributed by atoms with Crippen LogP contribution in [0.1, 0.15) is 25.2 Å². The summed E-state index contributed by atoms with van der Waals surface area (Å²) in [6.07, 6.45) is -4.52. The third-order valence-electron chi connectivity index (χ3n) is 4.06. The van der Waals surface area contributed by atoms with E-state index in [0.717, 1.165) is 6.07 Å². The smallest absolute Gasteiger partial charge is 0.417 e. The molecule has 2 aromatic carbocycles. The Bertz CT molecular complexity index is 964. The standard InChI is InChI=1S/C19H17F4N3O/c1-18(2,27-13-8-6-7-12(20)11-13)17-25-24-16(26(17)3)14-9-4-5-10-15(14)19(21,22)23/h4-11H,1-3H3. The molecule has 0 saturated carbocycles. The maximum absolute atomic E-state index is 13.4. The summed E-state index contributed by atoms with van der Waals surface area (Å²) in [5, 5.41) is 7.98. The van der Waals surface area contributed by atoms with Gasteiger partial charge in [-0.05, 0) is 32.0 Å². The third-order valence-corrected chi connectivity index (χ3v) is 4.06. The number of benzene rings is 2. The Morgan fingerprint density at radius 1 is 0.963 bits per heavy atom. The van der Waals surface area contributed by atoms with Crippen LogP contribution in [-0.2, 0) is 18.8 Å². The van der Waals surface area contributed by atoms with Gasteiger partial charge in [-0.3, -0.25) is 0 Å². The second-order valence-electron chi connectivity index (χ2n) is 6.52. The lowest BCUT2D eigenvalue weighted by molar-refractivity contribution is -0.137. The van der Waals surface area contributed by atoms with Crippen LogP contribution in [0.3, 0.4) is 0 Å². The zero-order valence-electron chi connectivity index (χ0n) is 14.9. The second kappa shape index (κ2) is 6.68. The first-order chi connectivity index (χ1) is 12.6. The number of alkyl halides is 3. The van der Waals surface area contributed by atoms with Crippen LogP contribution in [0.15, 0.2) is 48.5 Å². The molecule has 0 bridgehead atoms. The number of nitrogens with zero attached hydrogens (tertiary/aromatic N) is 3. The highest BCUT2D eigenvalue weighted by Crippen LogP contribution is 2.37. The highest BCUT2D eigenvalue weighted by molar-refractivity contribution is 5.61. The van der Waals surface area contributed by atoms with Crippen LogP contribution in [-0.4, -0.2) is 14.8 Å². The van der Waals surface area contributed by atoms with Crippen molar-refractivity contribution >= 4 is 0 Å². The lowest BCUT2D eigenvalue weighted by atomic mass is 10.1. The lowest BCUT2D eigenvalue weighted by Gasteiger charge is -2.25. The van der Waals surface area contributed by atoms with Crippen molar-refractivity contribution in [1.82, 2.24) is 14.8 Å². The fourth-order valence-electron chi connectivity index (χ4n) is 2.88. The number of ether oxygens (including phenoxy) is 1. The minimum absolute atomic E-state index is 0.0637. The van der Waals surface area contributed by atoms with E-state index in [1.165, 1.54) is 41.0 Å². The van der Waals surface area contributed by atoms with Gasteiger partial charge in [-0.1, -0.05) is 24.3 Å². The topological polar surface area (TPSA) is 39.9 Å². The quantitative estimate of drug-likeness (QED) is 0.602. The fourth-order valence-corrected chi connectivity index (χ4v) is 2.88. The van der Waals surface area contributed by atoms with Crippen molar-refractivity contribution in [3.63, 3.8) is 0 Å². The van der Waals surface area contributed by atoms with E-state index in [1.807, 2.05) is 0 Å². The minimum atomic E-state index is -4.52. The summed E-state index contributed by atoms with van der Waals surface area (Å²) in [5.41, 5.74) is -1.93. The average Bonchev–Trinajstić information content (AvgIpc) is 2.96. The van der Waals surface area contributed by atoms with Gasteiger partial charge in [0.25, 0.3) is 0 Å². The summed E-state index contributed by atoms with van der Waals surface area (Å²) >= 11 is 0. The van der Waals surface area contributed by atoms with Crippen molar-refractivity contribution in [1.29, 1.82) is 0 Å². The predicted octanol–water partition coefficient (Wildman–Crippen LogP) is 4.95. The van der Waals surface area contributed by atoms with E-state index in [9.17, 15) is 17.6 Å². The van der Waals surface area contributed by atoms with Crippen molar-refractivity contribution in [2.45, 2.75) is 25.6 Å². The molecule has 0 N–H and O–H groups in total. The van der Waals surface area contributed by atoms with Gasteiger partial charge in [0.15, 0.2) is 17.2 Å². The molecule has 0 saturated heterocycles. The van der Waals surface area contributed by atoms with Crippen LogP contribution >= 0.6 is 0 Å². The van der Waals surface area contributed by atoms with Crippen molar-refractivity contribution in [2.75, 3.05) is 0 Å². The SMILES string of the molecule is Cn1c(-c2ccccc2C(F)(F)F)nnc1C(C)(C)Oc1cccc(F)c1. The largest absolute Gasteiger partial charge is 0.480 e. The van der Waals surface area contributed by atoms with Gasteiger partial charge in [0.1, 0.15) is 11.6 Å². The van der Waals surface area contributed by atoms with E-state index in [0.29, 0.717) is 5.82 Å². The molecular formula is C19H17F4N3O. The molecule has 4 nitrogen and oxygen atoms in total. The molecule has 0 radical (unpaired) electrons. The Morgan fingerprint density at radius 3 is 2.33 bits per heavy atom. The average molecular weight is 379 g/mol. The molecule has 27 heavy (non-hydrogen) atoms. The summed E-state index contributed by atoms with van der Waals surface area (Å²) in [7, 11) is 1.56. The molecule has 0 unspecified atom stereocenters. The van der Waals surface area contributed by atoms with Crippen molar-refractivity contribution in [3.05, 3.63) is 65.7 Å². The van der Waals surface area contributed by atoms with Crippen LogP contribution in [0.4, 0.5) is 17.6 Å². The molecule has 0 amide bonds. The highest BCUT2D eigenvalue weighted by Gasteiger charge is 2.36. The van der Waals surface area contributed by atoms with Crippen molar-refractivity contribution in [2.24, 2.45) is 7.05 Å². The van der Waals surface area contributed by atoms with E-state index in [4.69, 9.17) is 4.74 Å². The van der Waals surface area contributed by atoms with Crippen LogP contribution in [0.25, 0.3) is 11.4 Å². The van der Waals surface area contributed by atoms with Crippen LogP contribution < -0.4 is 4.74 Å². The van der Waals surface area contributed by atoms with Crippen LogP contribution in [0, 0.1) is 5.82 Å². The van der Waals surface area contributed by atoms with Gasteiger partial charge < -0.3 is 9.30 Å². The highest BCUT2D eigenvalue weighted by atomic mass is 19.4. The summed E-state index contributed by atoms with van der Waals surface area (Å²) in [4.78, 5) is 0. The van der Waals surface area contributed by atoms with E-state index >= 15 is 0 Å². The molecule has 3 rings (SSSR count). The van der Waals surface area contributed by atoms with Gasteiger partial charge >= 0.3 is 6.18 Å². The predicted molar refractivity (Wildman–Crippen MR) is 91.5 cm³/mol. The third kappa shape index (κ3) is 3.79. The minimum Gasteiger partial charge on any atom is -0.480 e. The van der Waals surface area contributed by atoms with Crippen LogP contribution in [0.5, 0.6) is 5.75 Å². The summed E-state index contributed by atoms with van der Waals surface area (Å²) in [6.45, 7) is 3.36. The van der Waals surface area contributed by atoms with E-state index in [2.05, 4.69) is 10.2 Å². The van der Waals surface area contributed by atoms with Crippen LogP contribution in [0.2, 0.25) is 0 Å². The normalized spacial score (nSPS) is 12.3. The Morgan fingerprint density at radius 2 is 1.67 bits per heavy atom. The summed E-state index contributed by atoms with van der Waals surface area (Å²) in [5.74, 6) is 0.189. The Hall–Kier alpha value is -2.90. The monoisotopic (exact) mass is 379 g/mol. The fraction of sp³-hybridized carbons (Fsp3) is 0.263. The first-order valence-corrected chi connectivity index (χ1v) is 8.10. The molecule has 0 aliphatic rings. The molecule has 142 valence electrons. The Balaban J connectivity index is 2.01. The molecule has 0 atom stereocenters. The number of aromatic nitrogens is 3. The Kier molecular flexibility index (Phi) is 4.67. The van der Waals surface area contributed by atoms with Gasteiger partial charge in [0.05, 0.1) is 5.56 Å². The first-order valence-electron chi connectivity index (χ1n) is 8.10. The first kappa shape index (κ1) is 18.9. The molecule has 3 aromatic rings. The molecular weight excluding hydrogens is 362 g/mol. The lowest BCUT2D eigenvalue weighted by Crippen LogP contribution is -2.29. The van der Waals surface area contributed by atoms with Crippen molar-refractivity contribution < 1.29 is 22.3 Å². The molecule has 0 spiro atoms. The molecule has 1 aromatic heterocycles. The molecule has 1 heterocycles. The molecule has 0 aliphatic heterocycles. The van der Waals surface area contributed by atoms with E-state index < -0.39 is 23.2 Å². The zero-order chi connectivity index (χ0) is 19.8. The van der Waals surface area contributed by atoms with Gasteiger partial charge in [-0.15, -0.1) is 10.2 Å². The number of hydrogen-bond donors (Lipinski definition) is 0. The summed E-state index contributed by atoms with van der Waals surface area (Å²) < 4.78 is 60.6. The van der Waals surface area contributed by atoms with Crippen molar-refractivity contribution in [3.8, 4) is 17.1 Å². The van der Waals surface area contributed by atoms with Gasteiger partial charge in [-0.2, -0.15) is 13.2 Å². The number of rotatable bonds is 4. The summed E-state index contributed by atoms with van der Waals surface area (Å²) in [6, 6.07) is 10.8. The zero-order valence-corrected chi connectivity index (χ0v) is 14.9. The molecule has 0 fully saturated rings. The van der Waals surface area contributed by atoms with Gasteiger partial charge in [0.2, 0.25) is 0 Å². The van der Waals surface area contributed by atoms with Gasteiger partial charge in [0, 0.05) is 18.7 Å². The van der Waals surface area contributed by atoms with E-state index in [-0.39, 0.29) is 17.1 Å². The second-order valence-corrected chi connectivity index (χ2v) is 6.52. The Labute approximate surface area is 153 Å². The van der Waals surface area contributed by atoms with E-state index in [1.54, 1.807) is 27.0 Å². The molecule has 0 aliphatic carbocycles. The number of hydrogen-bond acceptors (Lipinski definition) is 3. The molecule has 8 heteroatoms. The maximum atomic E-state index is 13.4. The van der Waals surface area contributed by atoms with Gasteiger partial charge in [-0.25, -0.2) is 4.39 Å². The maximum Gasteiger partial charge on any atom is 0.417 e.